The number of halogens is 1. The number of piperazine rings is 1. The molecule has 9 nitrogen and oxygen atoms in total. The van der Waals surface area contributed by atoms with Gasteiger partial charge >= 0.3 is 5.97 Å². The fourth-order valence-electron chi connectivity index (χ4n) is 4.43. The molecule has 0 radical (unpaired) electrons. The van der Waals surface area contributed by atoms with Crippen molar-refractivity contribution in [3.05, 3.63) is 24.3 Å². The molecule has 3 N–H and O–H groups in total. The fourth-order valence-corrected chi connectivity index (χ4v) is 4.43. The van der Waals surface area contributed by atoms with Gasteiger partial charge in [-0.3, -0.25) is 24.5 Å². The first-order valence-corrected chi connectivity index (χ1v) is 12.4. The van der Waals surface area contributed by atoms with Crippen LogP contribution in [0.4, 0.5) is 11.4 Å². The maximum absolute atomic E-state index is 12.5. The monoisotopic (exact) mass is 508 g/mol. The number of amides is 3. The molecule has 0 spiro atoms. The van der Waals surface area contributed by atoms with Crippen molar-refractivity contribution in [1.29, 1.82) is 0 Å². The van der Waals surface area contributed by atoms with E-state index in [-0.39, 0.29) is 36.5 Å². The van der Waals surface area contributed by atoms with E-state index in [0.717, 1.165) is 63.0 Å². The Balaban J connectivity index is 0.00000432. The molecule has 1 aromatic carbocycles. The van der Waals surface area contributed by atoms with Crippen molar-refractivity contribution in [2.45, 2.75) is 70.3 Å². The summed E-state index contributed by atoms with van der Waals surface area (Å²) in [5.74, 6) is -1.02. The summed E-state index contributed by atoms with van der Waals surface area (Å²) < 4.78 is 0. The molecule has 10 heteroatoms. The van der Waals surface area contributed by atoms with Crippen molar-refractivity contribution in [3.8, 4) is 0 Å². The second kappa shape index (κ2) is 14.6. The van der Waals surface area contributed by atoms with Crippen molar-refractivity contribution < 1.29 is 24.3 Å². The lowest BCUT2D eigenvalue weighted by atomic mass is 10.1. The number of carbonyl (C=O) groups excluding carboxylic acids is 3. The third-order valence-electron chi connectivity index (χ3n) is 6.48. The molecule has 1 atom stereocenters. The molecule has 1 unspecified atom stereocenters. The molecule has 2 heterocycles. The van der Waals surface area contributed by atoms with Crippen molar-refractivity contribution in [2.75, 3.05) is 36.4 Å². The van der Waals surface area contributed by atoms with Gasteiger partial charge in [-0.1, -0.05) is 25.7 Å². The number of nitrogens with one attached hydrogen (secondary N) is 2. The van der Waals surface area contributed by atoms with Crippen LogP contribution >= 0.6 is 12.4 Å². The van der Waals surface area contributed by atoms with Crippen LogP contribution in [0, 0.1) is 0 Å². The van der Waals surface area contributed by atoms with Crippen LogP contribution in [0.3, 0.4) is 0 Å². The van der Waals surface area contributed by atoms with Crippen LogP contribution in [0.5, 0.6) is 0 Å². The number of unbranched alkanes of at least 4 members (excludes halogenated alkanes) is 5. The van der Waals surface area contributed by atoms with E-state index in [1.165, 1.54) is 0 Å². The Morgan fingerprint density at radius 2 is 1.51 bits per heavy atom. The number of benzene rings is 1. The van der Waals surface area contributed by atoms with Crippen LogP contribution in [-0.4, -0.2) is 65.9 Å². The maximum Gasteiger partial charge on any atom is 0.303 e. The predicted molar refractivity (Wildman–Crippen MR) is 137 cm³/mol. The second-order valence-electron chi connectivity index (χ2n) is 9.08. The topological polar surface area (TPSA) is 119 Å². The average molecular weight is 509 g/mol. The zero-order chi connectivity index (χ0) is 24.3. The number of rotatable bonds is 12. The van der Waals surface area contributed by atoms with Crippen molar-refractivity contribution in [1.82, 2.24) is 10.2 Å². The van der Waals surface area contributed by atoms with Gasteiger partial charge in [-0.2, -0.15) is 0 Å². The van der Waals surface area contributed by atoms with Crippen molar-refractivity contribution >= 4 is 47.5 Å². The van der Waals surface area contributed by atoms with Crippen LogP contribution in [0.1, 0.15) is 64.2 Å². The van der Waals surface area contributed by atoms with E-state index in [1.807, 2.05) is 29.2 Å². The molecule has 35 heavy (non-hydrogen) atoms. The Morgan fingerprint density at radius 3 is 2.11 bits per heavy atom. The van der Waals surface area contributed by atoms with Gasteiger partial charge in [-0.05, 0) is 43.5 Å². The number of carboxylic acids is 1. The van der Waals surface area contributed by atoms with Gasteiger partial charge < -0.3 is 20.2 Å². The Hall–Kier alpha value is -2.81. The minimum absolute atomic E-state index is 0. The molecule has 194 valence electrons. The first-order chi connectivity index (χ1) is 16.4. The number of carboxylic acid groups (broad SMARTS) is 1. The van der Waals surface area contributed by atoms with E-state index in [4.69, 9.17) is 5.11 Å². The molecule has 1 aromatic rings. The first kappa shape index (κ1) is 28.4. The molecule has 2 aliphatic heterocycles. The van der Waals surface area contributed by atoms with E-state index >= 15 is 0 Å². The molecule has 0 saturated carbocycles. The van der Waals surface area contributed by atoms with Gasteiger partial charge in [0, 0.05) is 56.8 Å². The lowest BCUT2D eigenvalue weighted by Crippen LogP contribution is -2.48. The minimum Gasteiger partial charge on any atom is -0.481 e. The highest BCUT2D eigenvalue weighted by molar-refractivity contribution is 6.01. The summed E-state index contributed by atoms with van der Waals surface area (Å²) in [6, 6.07) is 7.52. The quantitative estimate of drug-likeness (QED) is 0.293. The lowest BCUT2D eigenvalue weighted by molar-refractivity contribution is -0.137. The summed E-state index contributed by atoms with van der Waals surface area (Å²) in [6.45, 7) is 3.00. The first-order valence-electron chi connectivity index (χ1n) is 12.4. The van der Waals surface area contributed by atoms with E-state index in [0.29, 0.717) is 32.4 Å². The number of hydrogen-bond donors (Lipinski definition) is 3. The minimum atomic E-state index is -0.732. The molecule has 0 bridgehead atoms. The van der Waals surface area contributed by atoms with Crippen LogP contribution < -0.4 is 15.5 Å². The standard InChI is InChI=1S/C25H36N4O5.ClH/c30-22-14-13-21(25(34)27-22)26-19-9-11-20(12-10-19)28-15-17-29(18-16-28)23(31)7-5-3-1-2-4-6-8-24(32)33;/h9-12,21,26H,1-8,13-18H2,(H,32,33)(H,27,30,34);1H. The normalized spacial score (nSPS) is 18.0. The third-order valence-corrected chi connectivity index (χ3v) is 6.48. The van der Waals surface area contributed by atoms with Crippen LogP contribution in [0.15, 0.2) is 24.3 Å². The zero-order valence-electron chi connectivity index (χ0n) is 20.2. The molecule has 3 amide bonds. The Labute approximate surface area is 213 Å². The number of imide groups is 1. The number of aliphatic carboxylic acids is 1. The van der Waals surface area contributed by atoms with Crippen LogP contribution in [0.2, 0.25) is 0 Å². The Morgan fingerprint density at radius 1 is 0.914 bits per heavy atom. The number of piperidine rings is 1. The van der Waals surface area contributed by atoms with Crippen LogP contribution in [0.25, 0.3) is 0 Å². The largest absolute Gasteiger partial charge is 0.481 e. The molecular weight excluding hydrogens is 472 g/mol. The van der Waals surface area contributed by atoms with E-state index in [2.05, 4.69) is 15.5 Å². The predicted octanol–water partition coefficient (Wildman–Crippen LogP) is 3.18. The van der Waals surface area contributed by atoms with Crippen molar-refractivity contribution in [2.24, 2.45) is 0 Å². The van der Waals surface area contributed by atoms with Gasteiger partial charge in [0.1, 0.15) is 6.04 Å². The van der Waals surface area contributed by atoms with Gasteiger partial charge in [-0.25, -0.2) is 0 Å². The Kier molecular flexibility index (Phi) is 11.8. The summed E-state index contributed by atoms with van der Waals surface area (Å²) in [6.07, 6.45) is 7.32. The maximum atomic E-state index is 12.5. The highest BCUT2D eigenvalue weighted by Crippen LogP contribution is 2.21. The second-order valence-corrected chi connectivity index (χ2v) is 9.08. The zero-order valence-corrected chi connectivity index (χ0v) is 21.0. The van der Waals surface area contributed by atoms with Gasteiger partial charge in [-0.15, -0.1) is 12.4 Å². The molecule has 3 rings (SSSR count). The van der Waals surface area contributed by atoms with Gasteiger partial charge in [0.2, 0.25) is 17.7 Å². The number of hydrogen-bond acceptors (Lipinski definition) is 6. The van der Waals surface area contributed by atoms with Crippen LogP contribution in [-0.2, 0) is 19.2 Å². The molecular formula is C25H37ClN4O5. The van der Waals surface area contributed by atoms with Crippen molar-refractivity contribution in [3.63, 3.8) is 0 Å². The number of nitrogens with zero attached hydrogens (tertiary/aromatic N) is 2. The summed E-state index contributed by atoms with van der Waals surface area (Å²) >= 11 is 0. The molecule has 2 saturated heterocycles. The summed E-state index contributed by atoms with van der Waals surface area (Å²) in [5.41, 5.74) is 1.93. The Bertz CT molecular complexity index is 856. The fraction of sp³-hybridized carbons (Fsp3) is 0.600. The summed E-state index contributed by atoms with van der Waals surface area (Å²) in [5, 5.41) is 14.2. The number of anilines is 2. The van der Waals surface area contributed by atoms with Gasteiger partial charge in [0.25, 0.3) is 0 Å². The highest BCUT2D eigenvalue weighted by Gasteiger charge is 2.26. The smallest absolute Gasteiger partial charge is 0.303 e. The SMILES string of the molecule is Cl.O=C(O)CCCCCCCCC(=O)N1CCN(c2ccc(NC3CCC(=O)NC3=O)cc2)CC1. The summed E-state index contributed by atoms with van der Waals surface area (Å²) in [4.78, 5) is 50.4. The van der Waals surface area contributed by atoms with E-state index in [1.54, 1.807) is 0 Å². The number of carbonyl (C=O) groups is 4. The van der Waals surface area contributed by atoms with E-state index < -0.39 is 12.0 Å². The molecule has 0 aliphatic carbocycles. The van der Waals surface area contributed by atoms with Gasteiger partial charge in [0.05, 0.1) is 0 Å². The molecule has 2 fully saturated rings. The van der Waals surface area contributed by atoms with E-state index in [9.17, 15) is 19.2 Å². The molecule has 0 aromatic heterocycles. The third kappa shape index (κ3) is 9.39. The highest BCUT2D eigenvalue weighted by atomic mass is 35.5. The van der Waals surface area contributed by atoms with Gasteiger partial charge in [0.15, 0.2) is 0 Å². The lowest BCUT2D eigenvalue weighted by Gasteiger charge is -2.36. The summed E-state index contributed by atoms with van der Waals surface area (Å²) in [7, 11) is 0. The average Bonchev–Trinajstić information content (AvgIpc) is 2.83. The molecule has 2 aliphatic rings.